The lowest BCUT2D eigenvalue weighted by Crippen LogP contribution is -2.48. The number of sulfone groups is 1. The molecular weight excluding hydrogens is 376 g/mol. The summed E-state index contributed by atoms with van der Waals surface area (Å²) in [6.45, 7) is 8.07. The second-order valence-corrected chi connectivity index (χ2v) is 9.75. The molecule has 2 rings (SSSR count). The molecule has 1 fully saturated rings. The van der Waals surface area contributed by atoms with Crippen LogP contribution < -0.4 is 10.6 Å². The van der Waals surface area contributed by atoms with Crippen LogP contribution in [-0.2, 0) is 14.6 Å². The molecule has 2 N–H and O–H groups in total. The Morgan fingerprint density at radius 1 is 1.25 bits per heavy atom. The van der Waals surface area contributed by atoms with Crippen molar-refractivity contribution in [2.75, 3.05) is 51.9 Å². The van der Waals surface area contributed by atoms with Gasteiger partial charge >= 0.3 is 0 Å². The van der Waals surface area contributed by atoms with Crippen molar-refractivity contribution in [3.05, 3.63) is 35.4 Å². The van der Waals surface area contributed by atoms with Crippen molar-refractivity contribution in [2.24, 2.45) is 4.99 Å². The molecular formula is C20H34N4O3S. The first-order valence-corrected chi connectivity index (χ1v) is 11.9. The third-order valence-electron chi connectivity index (χ3n) is 4.94. The van der Waals surface area contributed by atoms with Crippen LogP contribution in [0.25, 0.3) is 0 Å². The summed E-state index contributed by atoms with van der Waals surface area (Å²) in [6.07, 6.45) is 1.81. The normalized spacial score (nSPS) is 18.5. The minimum atomic E-state index is -2.96. The van der Waals surface area contributed by atoms with Crippen molar-refractivity contribution >= 4 is 15.8 Å². The summed E-state index contributed by atoms with van der Waals surface area (Å²) >= 11 is 0. The molecule has 0 saturated carbocycles. The Balaban J connectivity index is 1.99. The minimum absolute atomic E-state index is 0.0159. The second kappa shape index (κ2) is 10.8. The molecule has 0 spiro atoms. The van der Waals surface area contributed by atoms with Crippen molar-refractivity contribution in [2.45, 2.75) is 32.4 Å². The lowest BCUT2D eigenvalue weighted by molar-refractivity contribution is 0.0170. The number of aliphatic imine (C=N–C) groups is 1. The number of morpholine rings is 1. The van der Waals surface area contributed by atoms with Gasteiger partial charge in [0.1, 0.15) is 9.84 Å². The van der Waals surface area contributed by atoms with E-state index in [4.69, 9.17) is 4.74 Å². The Labute approximate surface area is 169 Å². The van der Waals surface area contributed by atoms with Gasteiger partial charge in [-0.2, -0.15) is 0 Å². The van der Waals surface area contributed by atoms with E-state index in [1.54, 1.807) is 7.05 Å². The van der Waals surface area contributed by atoms with E-state index >= 15 is 0 Å². The van der Waals surface area contributed by atoms with Crippen molar-refractivity contribution < 1.29 is 13.2 Å². The molecule has 1 aliphatic rings. The number of rotatable bonds is 8. The van der Waals surface area contributed by atoms with Crippen molar-refractivity contribution in [3.8, 4) is 0 Å². The molecule has 158 valence electrons. The van der Waals surface area contributed by atoms with Crippen LogP contribution in [0.2, 0.25) is 0 Å². The number of nitrogens with one attached hydrogen (secondary N) is 2. The molecule has 1 saturated heterocycles. The van der Waals surface area contributed by atoms with Crippen LogP contribution >= 0.6 is 0 Å². The number of benzene rings is 1. The number of aryl methyl sites for hydroxylation is 1. The molecule has 1 aromatic rings. The van der Waals surface area contributed by atoms with Gasteiger partial charge in [-0.05, 0) is 25.8 Å². The largest absolute Gasteiger partial charge is 0.379 e. The van der Waals surface area contributed by atoms with Gasteiger partial charge in [-0.3, -0.25) is 9.89 Å². The molecule has 0 radical (unpaired) electrons. The molecule has 1 aliphatic heterocycles. The zero-order chi connectivity index (χ0) is 20.6. The summed E-state index contributed by atoms with van der Waals surface area (Å²) in [6, 6.07) is 8.88. The lowest BCUT2D eigenvalue weighted by Gasteiger charge is -2.35. The van der Waals surface area contributed by atoms with Gasteiger partial charge in [-0.15, -0.1) is 0 Å². The molecule has 7 nitrogen and oxygen atoms in total. The third-order valence-corrected chi connectivity index (χ3v) is 5.92. The topological polar surface area (TPSA) is 83.0 Å². The van der Waals surface area contributed by atoms with Crippen LogP contribution in [-0.4, -0.2) is 77.2 Å². The molecule has 0 bridgehead atoms. The van der Waals surface area contributed by atoms with E-state index in [0.717, 1.165) is 26.3 Å². The highest BCUT2D eigenvalue weighted by atomic mass is 32.2. The SMILES string of the molecule is CN=C(NCC(c1ccc(C)cc1)N1CCOCC1)NC(C)CCS(C)(=O)=O. The molecule has 2 unspecified atom stereocenters. The van der Waals surface area contributed by atoms with Crippen molar-refractivity contribution in [3.63, 3.8) is 0 Å². The Morgan fingerprint density at radius 2 is 1.89 bits per heavy atom. The fraction of sp³-hybridized carbons (Fsp3) is 0.650. The molecule has 28 heavy (non-hydrogen) atoms. The maximum absolute atomic E-state index is 11.4. The average Bonchev–Trinajstić information content (AvgIpc) is 2.67. The number of guanidine groups is 1. The van der Waals surface area contributed by atoms with E-state index in [2.05, 4.69) is 51.7 Å². The molecule has 8 heteroatoms. The first-order valence-electron chi connectivity index (χ1n) is 9.82. The van der Waals surface area contributed by atoms with Gasteiger partial charge in [0, 0.05) is 39.0 Å². The standard InChI is InChI=1S/C20H34N4O3S/c1-16-5-7-18(8-6-16)19(24-10-12-27-13-11-24)15-22-20(21-3)23-17(2)9-14-28(4,25)26/h5-8,17,19H,9-15H2,1-4H3,(H2,21,22,23). The van der Waals surface area contributed by atoms with E-state index in [1.807, 2.05) is 6.92 Å². The van der Waals surface area contributed by atoms with E-state index < -0.39 is 9.84 Å². The number of nitrogens with zero attached hydrogens (tertiary/aromatic N) is 2. The van der Waals surface area contributed by atoms with Crippen molar-refractivity contribution in [1.82, 2.24) is 15.5 Å². The smallest absolute Gasteiger partial charge is 0.191 e. The molecule has 1 aromatic carbocycles. The number of hydrogen-bond donors (Lipinski definition) is 2. The van der Waals surface area contributed by atoms with Crippen LogP contribution in [0.15, 0.2) is 29.3 Å². The van der Waals surface area contributed by atoms with Gasteiger partial charge in [0.25, 0.3) is 0 Å². The highest BCUT2D eigenvalue weighted by Crippen LogP contribution is 2.21. The summed E-state index contributed by atoms with van der Waals surface area (Å²) < 4.78 is 28.3. The number of ether oxygens (including phenoxy) is 1. The lowest BCUT2D eigenvalue weighted by atomic mass is 10.0. The van der Waals surface area contributed by atoms with Crippen LogP contribution in [0.3, 0.4) is 0 Å². The van der Waals surface area contributed by atoms with E-state index in [0.29, 0.717) is 18.9 Å². The maximum atomic E-state index is 11.4. The zero-order valence-corrected chi connectivity index (χ0v) is 18.3. The van der Waals surface area contributed by atoms with Crippen LogP contribution in [0, 0.1) is 6.92 Å². The summed E-state index contributed by atoms with van der Waals surface area (Å²) in [4.78, 5) is 6.73. The highest BCUT2D eigenvalue weighted by Gasteiger charge is 2.23. The first-order chi connectivity index (χ1) is 13.3. The summed E-state index contributed by atoms with van der Waals surface area (Å²) in [7, 11) is -1.23. The van der Waals surface area contributed by atoms with E-state index in [9.17, 15) is 8.42 Å². The fourth-order valence-corrected chi connectivity index (χ4v) is 4.00. The van der Waals surface area contributed by atoms with Gasteiger partial charge in [0.05, 0.1) is 25.0 Å². The van der Waals surface area contributed by atoms with Crippen LogP contribution in [0.5, 0.6) is 0 Å². The third kappa shape index (κ3) is 7.77. The Bertz CT molecular complexity index is 728. The Kier molecular flexibility index (Phi) is 8.72. The summed E-state index contributed by atoms with van der Waals surface area (Å²) in [5.74, 6) is 0.851. The van der Waals surface area contributed by atoms with Crippen LogP contribution in [0.4, 0.5) is 0 Å². The first kappa shape index (κ1) is 22.6. The predicted octanol–water partition coefficient (Wildman–Crippen LogP) is 1.36. The molecule has 2 atom stereocenters. The molecule has 1 heterocycles. The van der Waals surface area contributed by atoms with Crippen LogP contribution in [0.1, 0.15) is 30.5 Å². The van der Waals surface area contributed by atoms with E-state index in [-0.39, 0.29) is 17.8 Å². The van der Waals surface area contributed by atoms with E-state index in [1.165, 1.54) is 17.4 Å². The van der Waals surface area contributed by atoms with Gasteiger partial charge in [0.15, 0.2) is 5.96 Å². The monoisotopic (exact) mass is 410 g/mol. The zero-order valence-electron chi connectivity index (χ0n) is 17.4. The predicted molar refractivity (Wildman–Crippen MR) is 115 cm³/mol. The highest BCUT2D eigenvalue weighted by molar-refractivity contribution is 7.90. The second-order valence-electron chi connectivity index (χ2n) is 7.49. The summed E-state index contributed by atoms with van der Waals surface area (Å²) in [5.41, 5.74) is 2.51. The maximum Gasteiger partial charge on any atom is 0.191 e. The minimum Gasteiger partial charge on any atom is -0.379 e. The Hall–Kier alpha value is -1.64. The quantitative estimate of drug-likeness (QED) is 0.497. The molecule has 0 amide bonds. The van der Waals surface area contributed by atoms with Gasteiger partial charge in [0.2, 0.25) is 0 Å². The number of hydrogen-bond acceptors (Lipinski definition) is 5. The molecule has 0 aromatic heterocycles. The Morgan fingerprint density at radius 3 is 2.46 bits per heavy atom. The summed E-state index contributed by atoms with van der Waals surface area (Å²) in [5, 5.41) is 6.70. The van der Waals surface area contributed by atoms with Gasteiger partial charge < -0.3 is 15.4 Å². The van der Waals surface area contributed by atoms with Crippen molar-refractivity contribution in [1.29, 1.82) is 0 Å². The van der Waals surface area contributed by atoms with Gasteiger partial charge in [-0.1, -0.05) is 29.8 Å². The van der Waals surface area contributed by atoms with Gasteiger partial charge in [-0.25, -0.2) is 8.42 Å². The fourth-order valence-electron chi connectivity index (χ4n) is 3.22. The average molecular weight is 411 g/mol. The molecule has 0 aliphatic carbocycles.